The Morgan fingerprint density at radius 3 is 2.29 bits per heavy atom. The summed E-state index contributed by atoms with van der Waals surface area (Å²) in [6.07, 6.45) is 0. The highest BCUT2D eigenvalue weighted by atomic mass is 19.1. The minimum absolute atomic E-state index is 0.176. The first-order valence-electron chi connectivity index (χ1n) is 5.41. The van der Waals surface area contributed by atoms with Gasteiger partial charge >= 0.3 is 0 Å². The van der Waals surface area contributed by atoms with Crippen LogP contribution >= 0.6 is 0 Å². The zero-order valence-corrected chi connectivity index (χ0v) is 10.1. The minimum Gasteiger partial charge on any atom is -0.367 e. The zero-order valence-electron chi connectivity index (χ0n) is 10.1. The topological polar surface area (TPSA) is 52.0 Å². The van der Waals surface area contributed by atoms with Crippen molar-refractivity contribution in [3.8, 4) is 11.1 Å². The van der Waals surface area contributed by atoms with E-state index in [2.05, 4.69) is 5.16 Å². The van der Waals surface area contributed by atoms with Gasteiger partial charge in [0.2, 0.25) is 5.88 Å². The minimum atomic E-state index is -0.277. The third-order valence-electron chi connectivity index (χ3n) is 2.56. The molecule has 0 saturated carbocycles. The van der Waals surface area contributed by atoms with Crippen LogP contribution in [-0.2, 0) is 5.41 Å². The van der Waals surface area contributed by atoms with Gasteiger partial charge in [0.15, 0.2) is 0 Å². The number of nitrogens with two attached hydrogens (primary N) is 1. The van der Waals surface area contributed by atoms with Gasteiger partial charge in [-0.25, -0.2) is 4.39 Å². The van der Waals surface area contributed by atoms with Crippen molar-refractivity contribution in [3.63, 3.8) is 0 Å². The number of aromatic nitrogens is 1. The Morgan fingerprint density at radius 2 is 1.76 bits per heavy atom. The van der Waals surface area contributed by atoms with E-state index in [1.54, 1.807) is 12.1 Å². The normalized spacial score (nSPS) is 11.8. The molecule has 2 rings (SSSR count). The van der Waals surface area contributed by atoms with Gasteiger partial charge in [-0.15, -0.1) is 0 Å². The molecule has 0 radical (unpaired) electrons. The number of nitrogens with zero attached hydrogens (tertiary/aromatic N) is 1. The molecule has 17 heavy (non-hydrogen) atoms. The number of nitrogen functional groups attached to an aromatic ring is 1. The molecule has 3 nitrogen and oxygen atoms in total. The van der Waals surface area contributed by atoms with Crippen LogP contribution in [0.5, 0.6) is 0 Å². The third-order valence-corrected chi connectivity index (χ3v) is 2.56. The number of halogens is 1. The number of benzene rings is 1. The second kappa shape index (κ2) is 3.87. The molecular formula is C13H15FN2O. The van der Waals surface area contributed by atoms with Crippen molar-refractivity contribution in [1.29, 1.82) is 0 Å². The van der Waals surface area contributed by atoms with Crippen LogP contribution in [0.25, 0.3) is 11.1 Å². The molecule has 0 aliphatic rings. The van der Waals surface area contributed by atoms with E-state index in [0.717, 1.165) is 16.8 Å². The predicted molar refractivity (Wildman–Crippen MR) is 65.0 cm³/mol. The fraction of sp³-hybridized carbons (Fsp3) is 0.308. The van der Waals surface area contributed by atoms with Gasteiger partial charge in [0.25, 0.3) is 0 Å². The van der Waals surface area contributed by atoms with Crippen LogP contribution in [0.3, 0.4) is 0 Å². The molecule has 1 aromatic heterocycles. The summed E-state index contributed by atoms with van der Waals surface area (Å²) >= 11 is 0. The van der Waals surface area contributed by atoms with E-state index in [9.17, 15) is 4.39 Å². The number of anilines is 1. The summed E-state index contributed by atoms with van der Waals surface area (Å²) in [5, 5.41) is 3.99. The molecule has 1 aromatic carbocycles. The van der Waals surface area contributed by atoms with Crippen LogP contribution in [0.4, 0.5) is 10.3 Å². The fourth-order valence-electron chi connectivity index (χ4n) is 1.71. The van der Waals surface area contributed by atoms with E-state index in [1.807, 2.05) is 20.8 Å². The maximum atomic E-state index is 12.9. The molecule has 0 atom stereocenters. The molecule has 1 heterocycles. The Balaban J connectivity index is 2.59. The van der Waals surface area contributed by atoms with Gasteiger partial charge in [0, 0.05) is 5.41 Å². The SMILES string of the molecule is CC(C)(C)c1noc(N)c1-c1ccc(F)cc1. The highest BCUT2D eigenvalue weighted by Crippen LogP contribution is 2.36. The highest BCUT2D eigenvalue weighted by molar-refractivity contribution is 5.75. The lowest BCUT2D eigenvalue weighted by molar-refractivity contribution is 0.405. The monoisotopic (exact) mass is 234 g/mol. The summed E-state index contributed by atoms with van der Waals surface area (Å²) in [7, 11) is 0. The molecule has 90 valence electrons. The van der Waals surface area contributed by atoms with E-state index in [-0.39, 0.29) is 17.1 Å². The molecule has 0 saturated heterocycles. The standard InChI is InChI=1S/C13H15FN2O/c1-13(2,3)11-10(12(15)17-16-11)8-4-6-9(14)7-5-8/h4-7H,15H2,1-3H3. The molecular weight excluding hydrogens is 219 g/mol. The summed E-state index contributed by atoms with van der Waals surface area (Å²) < 4.78 is 17.9. The lowest BCUT2D eigenvalue weighted by Gasteiger charge is -2.16. The van der Waals surface area contributed by atoms with Crippen molar-refractivity contribution in [2.75, 3.05) is 5.73 Å². The first-order chi connectivity index (χ1) is 7.89. The molecule has 0 fully saturated rings. The summed E-state index contributed by atoms with van der Waals surface area (Å²) in [6.45, 7) is 6.08. The van der Waals surface area contributed by atoms with Gasteiger partial charge in [-0.1, -0.05) is 38.1 Å². The molecule has 0 amide bonds. The molecule has 2 N–H and O–H groups in total. The van der Waals surface area contributed by atoms with Gasteiger partial charge < -0.3 is 10.3 Å². The predicted octanol–water partition coefficient (Wildman–Crippen LogP) is 3.36. The van der Waals surface area contributed by atoms with Crippen LogP contribution in [0.2, 0.25) is 0 Å². The van der Waals surface area contributed by atoms with Crippen molar-refractivity contribution in [2.45, 2.75) is 26.2 Å². The Hall–Kier alpha value is -1.84. The first-order valence-corrected chi connectivity index (χ1v) is 5.41. The molecule has 2 aromatic rings. The van der Waals surface area contributed by atoms with Crippen molar-refractivity contribution >= 4 is 5.88 Å². The largest absolute Gasteiger partial charge is 0.367 e. The maximum Gasteiger partial charge on any atom is 0.230 e. The second-order valence-corrected chi connectivity index (χ2v) is 5.03. The van der Waals surface area contributed by atoms with E-state index in [4.69, 9.17) is 10.3 Å². The molecule has 0 aliphatic carbocycles. The molecule has 4 heteroatoms. The first kappa shape index (κ1) is 11.6. The molecule has 0 spiro atoms. The number of hydrogen-bond acceptors (Lipinski definition) is 3. The Morgan fingerprint density at radius 1 is 1.18 bits per heavy atom. The second-order valence-electron chi connectivity index (χ2n) is 5.03. The third kappa shape index (κ3) is 2.16. The van der Waals surface area contributed by atoms with Gasteiger partial charge in [-0.3, -0.25) is 0 Å². The van der Waals surface area contributed by atoms with Crippen LogP contribution in [0.15, 0.2) is 28.8 Å². The molecule has 0 unspecified atom stereocenters. The Labute approximate surface area is 99.4 Å². The van der Waals surface area contributed by atoms with Crippen LogP contribution in [0.1, 0.15) is 26.5 Å². The summed E-state index contributed by atoms with van der Waals surface area (Å²) in [5.74, 6) is -0.0115. The van der Waals surface area contributed by atoms with E-state index in [1.165, 1.54) is 12.1 Å². The molecule has 0 bridgehead atoms. The lowest BCUT2D eigenvalue weighted by atomic mass is 9.87. The van der Waals surface area contributed by atoms with Crippen LogP contribution in [-0.4, -0.2) is 5.16 Å². The quantitative estimate of drug-likeness (QED) is 0.823. The van der Waals surface area contributed by atoms with Crippen molar-refractivity contribution in [3.05, 3.63) is 35.8 Å². The van der Waals surface area contributed by atoms with Crippen molar-refractivity contribution in [2.24, 2.45) is 0 Å². The van der Waals surface area contributed by atoms with Gasteiger partial charge in [0.1, 0.15) is 5.82 Å². The average Bonchev–Trinajstić information content (AvgIpc) is 2.61. The van der Waals surface area contributed by atoms with Gasteiger partial charge in [-0.05, 0) is 17.7 Å². The Bertz CT molecular complexity index is 523. The van der Waals surface area contributed by atoms with E-state index < -0.39 is 0 Å². The van der Waals surface area contributed by atoms with E-state index >= 15 is 0 Å². The summed E-state index contributed by atoms with van der Waals surface area (Å²) in [4.78, 5) is 0. The van der Waals surface area contributed by atoms with Gasteiger partial charge in [0.05, 0.1) is 11.3 Å². The number of hydrogen-bond donors (Lipinski definition) is 1. The highest BCUT2D eigenvalue weighted by Gasteiger charge is 2.26. The summed E-state index contributed by atoms with van der Waals surface area (Å²) in [5.41, 5.74) is 7.95. The van der Waals surface area contributed by atoms with Gasteiger partial charge in [-0.2, -0.15) is 0 Å². The zero-order chi connectivity index (χ0) is 12.6. The number of rotatable bonds is 1. The van der Waals surface area contributed by atoms with Crippen molar-refractivity contribution in [1.82, 2.24) is 5.16 Å². The lowest BCUT2D eigenvalue weighted by Crippen LogP contribution is -2.13. The summed E-state index contributed by atoms with van der Waals surface area (Å²) in [6, 6.07) is 6.14. The Kier molecular flexibility index (Phi) is 2.65. The fourth-order valence-corrected chi connectivity index (χ4v) is 1.71. The van der Waals surface area contributed by atoms with Crippen LogP contribution < -0.4 is 5.73 Å². The van der Waals surface area contributed by atoms with Crippen LogP contribution in [0, 0.1) is 5.82 Å². The molecule has 0 aliphatic heterocycles. The van der Waals surface area contributed by atoms with E-state index in [0.29, 0.717) is 0 Å². The smallest absolute Gasteiger partial charge is 0.230 e. The van der Waals surface area contributed by atoms with Crippen molar-refractivity contribution < 1.29 is 8.91 Å². The maximum absolute atomic E-state index is 12.9. The average molecular weight is 234 g/mol.